The second kappa shape index (κ2) is 8.20. The molecule has 8 heteroatoms. The Morgan fingerprint density at radius 3 is 2.21 bits per heavy atom. The van der Waals surface area contributed by atoms with Crippen molar-refractivity contribution in [3.05, 3.63) is 12.7 Å². The first-order chi connectivity index (χ1) is 10.9. The maximum atomic E-state index is 10.0. The number of ether oxygens (including phenoxy) is 2. The average molecular weight is 350 g/mol. The highest BCUT2D eigenvalue weighted by atomic mass is 16.7. The number of aliphatic hydroxyl groups is 6. The molecule has 1 aliphatic rings. The van der Waals surface area contributed by atoms with Crippen LogP contribution in [0.4, 0.5) is 0 Å². The van der Waals surface area contributed by atoms with Gasteiger partial charge in [0.2, 0.25) is 0 Å². The Kier molecular flexibility index (Phi) is 7.33. The largest absolute Gasteiger partial charge is 0.394 e. The Bertz CT molecular complexity index is 407. The molecule has 1 fully saturated rings. The third-order valence-electron chi connectivity index (χ3n) is 4.40. The van der Waals surface area contributed by atoms with Gasteiger partial charge in [0.1, 0.15) is 24.4 Å². The maximum Gasteiger partial charge on any atom is 0.187 e. The number of aliphatic hydroxyl groups excluding tert-OH is 5. The Hall–Kier alpha value is -0.580. The molecule has 1 saturated heterocycles. The molecule has 0 aromatic carbocycles. The lowest BCUT2D eigenvalue weighted by molar-refractivity contribution is -0.320. The van der Waals surface area contributed by atoms with Crippen molar-refractivity contribution in [1.29, 1.82) is 0 Å². The Balaban J connectivity index is 2.76. The summed E-state index contributed by atoms with van der Waals surface area (Å²) >= 11 is 0. The summed E-state index contributed by atoms with van der Waals surface area (Å²) in [6.07, 6.45) is -5.93. The topological polar surface area (TPSA) is 140 Å². The molecular formula is C16H30O8. The lowest BCUT2D eigenvalue weighted by atomic mass is 9.91. The van der Waals surface area contributed by atoms with Gasteiger partial charge < -0.3 is 40.1 Å². The maximum absolute atomic E-state index is 10.0. The van der Waals surface area contributed by atoms with Crippen LogP contribution in [0.3, 0.4) is 0 Å². The van der Waals surface area contributed by atoms with Gasteiger partial charge in [-0.05, 0) is 33.6 Å². The van der Waals surface area contributed by atoms with Crippen molar-refractivity contribution in [2.45, 2.75) is 81.6 Å². The van der Waals surface area contributed by atoms with E-state index in [0.717, 1.165) is 0 Å². The summed E-state index contributed by atoms with van der Waals surface area (Å²) in [5.41, 5.74) is -2.30. The van der Waals surface area contributed by atoms with Crippen LogP contribution in [-0.2, 0) is 9.47 Å². The van der Waals surface area contributed by atoms with Crippen LogP contribution in [0.5, 0.6) is 0 Å². The summed E-state index contributed by atoms with van der Waals surface area (Å²) < 4.78 is 11.0. The van der Waals surface area contributed by atoms with Crippen LogP contribution in [0.2, 0.25) is 0 Å². The van der Waals surface area contributed by atoms with Gasteiger partial charge in [0.25, 0.3) is 0 Å². The van der Waals surface area contributed by atoms with Gasteiger partial charge in [-0.1, -0.05) is 6.08 Å². The fourth-order valence-electron chi connectivity index (χ4n) is 2.42. The van der Waals surface area contributed by atoms with E-state index in [1.54, 1.807) is 6.92 Å². The van der Waals surface area contributed by atoms with Gasteiger partial charge in [0.05, 0.1) is 23.9 Å². The van der Waals surface area contributed by atoms with Crippen LogP contribution >= 0.6 is 0 Å². The monoisotopic (exact) mass is 350 g/mol. The van der Waals surface area contributed by atoms with Gasteiger partial charge in [-0.15, -0.1) is 6.58 Å². The first-order valence-corrected chi connectivity index (χ1v) is 7.97. The van der Waals surface area contributed by atoms with Crippen LogP contribution in [0.15, 0.2) is 12.7 Å². The first-order valence-electron chi connectivity index (χ1n) is 7.97. The van der Waals surface area contributed by atoms with E-state index < -0.39 is 54.6 Å². The molecule has 24 heavy (non-hydrogen) atoms. The fraction of sp³-hybridized carbons (Fsp3) is 0.875. The van der Waals surface area contributed by atoms with Gasteiger partial charge in [-0.2, -0.15) is 0 Å². The van der Waals surface area contributed by atoms with E-state index in [1.165, 1.54) is 19.9 Å². The summed E-state index contributed by atoms with van der Waals surface area (Å²) in [6, 6.07) is 0. The highest BCUT2D eigenvalue weighted by Gasteiger charge is 2.46. The van der Waals surface area contributed by atoms with Crippen LogP contribution in [0, 0.1) is 0 Å². The summed E-state index contributed by atoms with van der Waals surface area (Å²) in [4.78, 5) is 0. The molecule has 1 aliphatic heterocycles. The SMILES string of the molecule is C=CC(C)(CCC(O)C(C)(C)O)OC1OC(CO)C(O)C(O)C1O. The van der Waals surface area contributed by atoms with Gasteiger partial charge in [-0.3, -0.25) is 0 Å². The predicted molar refractivity (Wildman–Crippen MR) is 85.0 cm³/mol. The summed E-state index contributed by atoms with van der Waals surface area (Å²) in [7, 11) is 0. The van der Waals surface area contributed by atoms with Gasteiger partial charge in [0.15, 0.2) is 6.29 Å². The molecule has 0 aromatic heterocycles. The quantitative estimate of drug-likeness (QED) is 0.296. The molecule has 7 atom stereocenters. The van der Waals surface area contributed by atoms with Crippen molar-refractivity contribution in [2.24, 2.45) is 0 Å². The summed E-state index contributed by atoms with van der Waals surface area (Å²) in [5.74, 6) is 0. The van der Waals surface area contributed by atoms with E-state index in [2.05, 4.69) is 6.58 Å². The minimum absolute atomic E-state index is 0.198. The number of rotatable bonds is 8. The number of hydrogen-bond donors (Lipinski definition) is 6. The zero-order valence-electron chi connectivity index (χ0n) is 14.4. The molecular weight excluding hydrogens is 320 g/mol. The lowest BCUT2D eigenvalue weighted by Crippen LogP contribution is -2.60. The van der Waals surface area contributed by atoms with Crippen molar-refractivity contribution >= 4 is 0 Å². The molecule has 1 heterocycles. The Morgan fingerprint density at radius 1 is 1.17 bits per heavy atom. The molecule has 6 N–H and O–H groups in total. The minimum Gasteiger partial charge on any atom is -0.394 e. The van der Waals surface area contributed by atoms with Crippen molar-refractivity contribution in [3.8, 4) is 0 Å². The van der Waals surface area contributed by atoms with E-state index in [-0.39, 0.29) is 12.8 Å². The summed E-state index contributed by atoms with van der Waals surface area (Å²) in [5, 5.41) is 58.5. The second-order valence-electron chi connectivity index (χ2n) is 7.04. The fourth-order valence-corrected chi connectivity index (χ4v) is 2.42. The highest BCUT2D eigenvalue weighted by Crippen LogP contribution is 2.30. The van der Waals surface area contributed by atoms with E-state index >= 15 is 0 Å². The highest BCUT2D eigenvalue weighted by molar-refractivity contribution is 4.97. The molecule has 1 rings (SSSR count). The standard InChI is InChI=1S/C16H30O8/c1-5-16(4,7-6-10(18)15(2,3)22)24-14-13(21)12(20)11(19)9(8-17)23-14/h5,9-14,17-22H,1,6-8H2,2-4H3. The van der Waals surface area contributed by atoms with Crippen LogP contribution in [0.1, 0.15) is 33.6 Å². The van der Waals surface area contributed by atoms with Crippen molar-refractivity contribution in [1.82, 2.24) is 0 Å². The van der Waals surface area contributed by atoms with Crippen LogP contribution in [-0.4, -0.2) is 85.3 Å². The number of hydrogen-bond acceptors (Lipinski definition) is 8. The van der Waals surface area contributed by atoms with E-state index in [4.69, 9.17) is 9.47 Å². The molecule has 0 aromatic rings. The van der Waals surface area contributed by atoms with E-state index in [1.807, 2.05) is 0 Å². The third kappa shape index (κ3) is 5.21. The van der Waals surface area contributed by atoms with E-state index in [9.17, 15) is 30.6 Å². The molecule has 0 saturated carbocycles. The van der Waals surface area contributed by atoms with Crippen LogP contribution in [0.25, 0.3) is 0 Å². The van der Waals surface area contributed by atoms with Crippen molar-refractivity contribution in [2.75, 3.05) is 6.61 Å². The molecule has 0 aliphatic carbocycles. The normalized spacial score (nSPS) is 35.3. The molecule has 0 amide bonds. The average Bonchev–Trinajstić information content (AvgIpc) is 2.52. The molecule has 0 radical (unpaired) electrons. The third-order valence-corrected chi connectivity index (χ3v) is 4.40. The lowest BCUT2D eigenvalue weighted by Gasteiger charge is -2.43. The smallest absolute Gasteiger partial charge is 0.187 e. The van der Waals surface area contributed by atoms with E-state index in [0.29, 0.717) is 0 Å². The first kappa shape index (κ1) is 21.5. The van der Waals surface area contributed by atoms with Crippen molar-refractivity contribution < 1.29 is 40.1 Å². The predicted octanol–water partition coefficient (Wildman–Crippen LogP) is -1.34. The van der Waals surface area contributed by atoms with Gasteiger partial charge in [0, 0.05) is 0 Å². The summed E-state index contributed by atoms with van der Waals surface area (Å²) in [6.45, 7) is 7.75. The van der Waals surface area contributed by atoms with Gasteiger partial charge >= 0.3 is 0 Å². The van der Waals surface area contributed by atoms with Gasteiger partial charge in [-0.25, -0.2) is 0 Å². The molecule has 0 bridgehead atoms. The minimum atomic E-state index is -1.53. The Labute approximate surface area is 142 Å². The zero-order chi connectivity index (χ0) is 18.7. The van der Waals surface area contributed by atoms with Crippen molar-refractivity contribution in [3.63, 3.8) is 0 Å². The molecule has 8 nitrogen and oxygen atoms in total. The van der Waals surface area contributed by atoms with Crippen LogP contribution < -0.4 is 0 Å². The molecule has 7 unspecified atom stereocenters. The molecule has 142 valence electrons. The molecule has 0 spiro atoms. The second-order valence-corrected chi connectivity index (χ2v) is 7.04. The zero-order valence-corrected chi connectivity index (χ0v) is 14.4. The Morgan fingerprint density at radius 2 is 1.75 bits per heavy atom.